The third-order valence-electron chi connectivity index (χ3n) is 7.52. The van der Waals surface area contributed by atoms with E-state index in [1.165, 1.54) is 0 Å². The van der Waals surface area contributed by atoms with Crippen LogP contribution in [0.5, 0.6) is 5.75 Å². The number of hydrogen-bond acceptors (Lipinski definition) is 8. The van der Waals surface area contributed by atoms with Crippen LogP contribution in [0.4, 0.5) is 10.6 Å². The maximum atomic E-state index is 13.2. The Morgan fingerprint density at radius 3 is 2.62 bits per heavy atom. The number of hydrogen-bond donors (Lipinski definition) is 2. The second kappa shape index (κ2) is 8.77. The third kappa shape index (κ3) is 3.86. The van der Waals surface area contributed by atoms with Crippen molar-refractivity contribution in [3.8, 4) is 5.75 Å². The Labute approximate surface area is 213 Å². The molecule has 0 saturated carbocycles. The summed E-state index contributed by atoms with van der Waals surface area (Å²) in [6.07, 6.45) is 1.64. The van der Waals surface area contributed by atoms with E-state index in [1.807, 2.05) is 12.1 Å². The number of aromatic nitrogens is 1. The zero-order valence-corrected chi connectivity index (χ0v) is 20.7. The SMILES string of the molecule is CCN1CCN(c2cc3cc(C4(CN5Cc6ccc(OC)cc6C5=O)NC(=O)NC4=O)oc3cn2)CC1. The van der Waals surface area contributed by atoms with Crippen LogP contribution in [0.15, 0.2) is 40.9 Å². The van der Waals surface area contributed by atoms with Crippen molar-refractivity contribution in [2.45, 2.75) is 19.0 Å². The number of methoxy groups -OCH3 is 1. The van der Waals surface area contributed by atoms with E-state index in [2.05, 4.69) is 32.3 Å². The molecule has 11 heteroatoms. The molecular formula is C26H28N6O5. The van der Waals surface area contributed by atoms with Crippen molar-refractivity contribution < 1.29 is 23.5 Å². The molecule has 3 aliphatic heterocycles. The second-order valence-corrected chi connectivity index (χ2v) is 9.61. The molecule has 2 aromatic heterocycles. The van der Waals surface area contributed by atoms with Crippen molar-refractivity contribution in [1.82, 2.24) is 25.4 Å². The number of ether oxygens (including phenoxy) is 1. The number of fused-ring (bicyclic) bond motifs is 2. The fraction of sp³-hybridized carbons (Fsp3) is 0.385. The minimum absolute atomic E-state index is 0.0838. The Kier molecular flexibility index (Phi) is 5.52. The van der Waals surface area contributed by atoms with Gasteiger partial charge in [-0.3, -0.25) is 14.9 Å². The lowest BCUT2D eigenvalue weighted by Gasteiger charge is -2.34. The highest BCUT2D eigenvalue weighted by molar-refractivity contribution is 6.08. The topological polar surface area (TPSA) is 120 Å². The smallest absolute Gasteiger partial charge is 0.322 e. The quantitative estimate of drug-likeness (QED) is 0.487. The molecule has 2 N–H and O–H groups in total. The van der Waals surface area contributed by atoms with Gasteiger partial charge in [0.05, 0.1) is 19.9 Å². The molecule has 11 nitrogen and oxygen atoms in total. The summed E-state index contributed by atoms with van der Waals surface area (Å²) >= 11 is 0. The van der Waals surface area contributed by atoms with Gasteiger partial charge >= 0.3 is 6.03 Å². The molecule has 0 radical (unpaired) electrons. The van der Waals surface area contributed by atoms with Gasteiger partial charge in [0, 0.05) is 43.7 Å². The van der Waals surface area contributed by atoms with Gasteiger partial charge in [0.25, 0.3) is 11.8 Å². The molecule has 1 aromatic carbocycles. The van der Waals surface area contributed by atoms with E-state index in [0.717, 1.165) is 49.5 Å². The van der Waals surface area contributed by atoms with Gasteiger partial charge in [-0.25, -0.2) is 9.78 Å². The number of piperazine rings is 1. The van der Waals surface area contributed by atoms with E-state index in [9.17, 15) is 14.4 Å². The molecule has 1 atom stereocenters. The Hall–Kier alpha value is -4.12. The predicted octanol–water partition coefficient (Wildman–Crippen LogP) is 1.67. The average Bonchev–Trinajstić information content (AvgIpc) is 3.57. The summed E-state index contributed by atoms with van der Waals surface area (Å²) in [5.41, 5.74) is 0.276. The molecule has 4 amide bonds. The lowest BCUT2D eigenvalue weighted by Crippen LogP contribution is -2.52. The summed E-state index contributed by atoms with van der Waals surface area (Å²) in [7, 11) is 1.54. The van der Waals surface area contributed by atoms with Gasteiger partial charge in [-0.05, 0) is 36.4 Å². The number of amides is 4. The van der Waals surface area contributed by atoms with Crippen molar-refractivity contribution in [2.75, 3.05) is 51.3 Å². The monoisotopic (exact) mass is 504 g/mol. The summed E-state index contributed by atoms with van der Waals surface area (Å²) < 4.78 is 11.3. The number of nitrogens with one attached hydrogen (secondary N) is 2. The molecule has 5 heterocycles. The zero-order chi connectivity index (χ0) is 25.7. The number of urea groups is 1. The number of carbonyl (C=O) groups excluding carboxylic acids is 3. The maximum Gasteiger partial charge on any atom is 0.322 e. The average molecular weight is 505 g/mol. The van der Waals surface area contributed by atoms with Crippen LogP contribution in [0.25, 0.3) is 11.0 Å². The highest BCUT2D eigenvalue weighted by Crippen LogP contribution is 2.35. The molecule has 0 bridgehead atoms. The zero-order valence-electron chi connectivity index (χ0n) is 20.7. The van der Waals surface area contributed by atoms with Crippen molar-refractivity contribution in [3.63, 3.8) is 0 Å². The van der Waals surface area contributed by atoms with Gasteiger partial charge in [-0.15, -0.1) is 0 Å². The van der Waals surface area contributed by atoms with Crippen LogP contribution in [-0.2, 0) is 16.9 Å². The Morgan fingerprint density at radius 1 is 1.11 bits per heavy atom. The lowest BCUT2D eigenvalue weighted by molar-refractivity contribution is -0.125. The number of anilines is 1. The van der Waals surface area contributed by atoms with E-state index in [0.29, 0.717) is 23.4 Å². The standard InChI is InChI=1S/C26H28N6O5/c1-3-30-6-8-31(9-7-30)22-11-17-10-21(37-20(17)13-27-22)26(24(34)28-25(35)29-26)15-32-14-16-4-5-18(36-2)12-19(16)23(32)33/h4-5,10-13H,3,6-9,14-15H2,1-2H3,(H2,28,29,34,35). The highest BCUT2D eigenvalue weighted by Gasteiger charge is 2.53. The molecule has 6 rings (SSSR count). The molecule has 0 aliphatic carbocycles. The molecule has 2 saturated heterocycles. The minimum Gasteiger partial charge on any atom is -0.497 e. The Bertz CT molecular complexity index is 1410. The number of pyridine rings is 1. The van der Waals surface area contributed by atoms with Gasteiger partial charge in [0.1, 0.15) is 17.3 Å². The molecule has 3 aliphatic rings. The van der Waals surface area contributed by atoms with Crippen LogP contribution in [0.3, 0.4) is 0 Å². The summed E-state index contributed by atoms with van der Waals surface area (Å²) in [6.45, 7) is 7.11. The predicted molar refractivity (Wildman–Crippen MR) is 134 cm³/mol. The molecule has 0 spiro atoms. The van der Waals surface area contributed by atoms with E-state index in [-0.39, 0.29) is 18.2 Å². The van der Waals surface area contributed by atoms with Gasteiger partial charge in [0.2, 0.25) is 0 Å². The van der Waals surface area contributed by atoms with Crippen molar-refractivity contribution in [3.05, 3.63) is 53.4 Å². The number of nitrogens with zero attached hydrogens (tertiary/aromatic N) is 4. The summed E-state index contributed by atoms with van der Waals surface area (Å²) in [5, 5.41) is 5.82. The van der Waals surface area contributed by atoms with Crippen LogP contribution in [-0.4, -0.2) is 79.0 Å². The van der Waals surface area contributed by atoms with Gasteiger partial charge in [-0.1, -0.05) is 13.0 Å². The number of furan rings is 1. The van der Waals surface area contributed by atoms with Crippen LogP contribution in [0.2, 0.25) is 0 Å². The van der Waals surface area contributed by atoms with E-state index in [4.69, 9.17) is 9.15 Å². The van der Waals surface area contributed by atoms with Crippen LogP contribution >= 0.6 is 0 Å². The fourth-order valence-corrected chi connectivity index (χ4v) is 5.35. The highest BCUT2D eigenvalue weighted by atomic mass is 16.5. The Morgan fingerprint density at radius 2 is 1.92 bits per heavy atom. The summed E-state index contributed by atoms with van der Waals surface area (Å²) in [5.74, 6) is 0.855. The Balaban J connectivity index is 1.31. The minimum atomic E-state index is -1.56. The second-order valence-electron chi connectivity index (χ2n) is 9.61. The van der Waals surface area contributed by atoms with E-state index in [1.54, 1.807) is 36.4 Å². The first-order valence-corrected chi connectivity index (χ1v) is 12.4. The molecule has 3 aromatic rings. The lowest BCUT2D eigenvalue weighted by atomic mass is 9.95. The van der Waals surface area contributed by atoms with Crippen molar-refractivity contribution in [2.24, 2.45) is 0 Å². The third-order valence-corrected chi connectivity index (χ3v) is 7.52. The molecule has 37 heavy (non-hydrogen) atoms. The van der Waals surface area contributed by atoms with Crippen molar-refractivity contribution in [1.29, 1.82) is 0 Å². The largest absolute Gasteiger partial charge is 0.497 e. The van der Waals surface area contributed by atoms with Crippen molar-refractivity contribution >= 4 is 34.6 Å². The van der Waals surface area contributed by atoms with E-state index >= 15 is 0 Å². The van der Waals surface area contributed by atoms with Crippen LogP contribution < -0.4 is 20.3 Å². The summed E-state index contributed by atoms with van der Waals surface area (Å²) in [4.78, 5) is 49.5. The van der Waals surface area contributed by atoms with Gasteiger partial charge in [0.15, 0.2) is 11.1 Å². The van der Waals surface area contributed by atoms with Gasteiger partial charge in [-0.2, -0.15) is 0 Å². The normalized spacial score (nSPS) is 21.9. The number of benzene rings is 1. The molecular weight excluding hydrogens is 476 g/mol. The summed E-state index contributed by atoms with van der Waals surface area (Å²) in [6, 6.07) is 8.37. The van der Waals surface area contributed by atoms with Crippen LogP contribution in [0.1, 0.15) is 28.6 Å². The van der Waals surface area contributed by atoms with Gasteiger partial charge < -0.3 is 29.2 Å². The first-order valence-electron chi connectivity index (χ1n) is 12.4. The molecule has 192 valence electrons. The maximum absolute atomic E-state index is 13.2. The molecule has 1 unspecified atom stereocenters. The van der Waals surface area contributed by atoms with E-state index < -0.39 is 17.5 Å². The first-order chi connectivity index (χ1) is 17.9. The first kappa shape index (κ1) is 23.3. The number of imide groups is 1. The number of rotatable bonds is 6. The number of carbonyl (C=O) groups is 3. The molecule has 2 fully saturated rings. The number of likely N-dealkylation sites (N-methyl/N-ethyl adjacent to an activating group) is 1. The fourth-order valence-electron chi connectivity index (χ4n) is 5.35. The van der Waals surface area contributed by atoms with Crippen LogP contribution in [0, 0.1) is 0 Å².